The van der Waals surface area contributed by atoms with Crippen molar-refractivity contribution in [3.63, 3.8) is 0 Å². The van der Waals surface area contributed by atoms with Crippen molar-refractivity contribution >= 4 is 54.5 Å². The van der Waals surface area contributed by atoms with Gasteiger partial charge in [-0.25, -0.2) is 15.0 Å². The van der Waals surface area contributed by atoms with E-state index in [4.69, 9.17) is 19.4 Å². The third-order valence-electron chi connectivity index (χ3n) is 9.23. The number of hydrogen-bond acceptors (Lipinski definition) is 4. The molecule has 0 spiro atoms. The smallest absolute Gasteiger partial charge is 0.166 e. The molecule has 0 unspecified atom stereocenters. The molecule has 3 heterocycles. The van der Waals surface area contributed by atoms with E-state index >= 15 is 0 Å². The zero-order chi connectivity index (χ0) is 31.6. The van der Waals surface area contributed by atoms with E-state index in [1.54, 1.807) is 0 Å². The number of benzene rings is 7. The van der Waals surface area contributed by atoms with E-state index in [0.717, 1.165) is 55.3 Å². The van der Waals surface area contributed by atoms with Crippen molar-refractivity contribution in [2.75, 3.05) is 0 Å². The van der Waals surface area contributed by atoms with Crippen molar-refractivity contribution in [1.29, 1.82) is 0 Å². The lowest BCUT2D eigenvalue weighted by Crippen LogP contribution is -2.04. The van der Waals surface area contributed by atoms with Gasteiger partial charge in [0.25, 0.3) is 0 Å². The Balaban J connectivity index is 1.38. The topological polar surface area (TPSA) is 56.7 Å². The van der Waals surface area contributed by atoms with Crippen molar-refractivity contribution in [3.05, 3.63) is 158 Å². The van der Waals surface area contributed by atoms with Crippen molar-refractivity contribution in [2.45, 2.75) is 0 Å². The summed E-state index contributed by atoms with van der Waals surface area (Å²) in [7, 11) is 0. The molecule has 0 atom stereocenters. The molecule has 0 aliphatic rings. The summed E-state index contributed by atoms with van der Waals surface area (Å²) in [6.45, 7) is 0. The molecule has 5 heteroatoms. The molecule has 0 aliphatic carbocycles. The molecule has 3 aromatic heterocycles. The number of furan rings is 1. The Morgan fingerprint density at radius 2 is 1.00 bits per heavy atom. The third-order valence-corrected chi connectivity index (χ3v) is 9.23. The Morgan fingerprint density at radius 1 is 0.417 bits per heavy atom. The number of aromatic nitrogens is 4. The Labute approximate surface area is 275 Å². The summed E-state index contributed by atoms with van der Waals surface area (Å²) >= 11 is 0. The van der Waals surface area contributed by atoms with Crippen LogP contribution in [-0.4, -0.2) is 19.5 Å². The fourth-order valence-electron chi connectivity index (χ4n) is 7.05. The van der Waals surface area contributed by atoms with Crippen LogP contribution >= 0.6 is 0 Å². The van der Waals surface area contributed by atoms with Gasteiger partial charge < -0.3 is 8.98 Å². The first-order valence-electron chi connectivity index (χ1n) is 16.0. The molecule has 0 N–H and O–H groups in total. The van der Waals surface area contributed by atoms with Crippen molar-refractivity contribution in [2.24, 2.45) is 0 Å². The second kappa shape index (κ2) is 10.5. The molecule has 10 aromatic rings. The van der Waals surface area contributed by atoms with E-state index in [2.05, 4.69) is 89.5 Å². The molecular formula is C43H26N4O. The first-order valence-corrected chi connectivity index (χ1v) is 16.0. The van der Waals surface area contributed by atoms with Gasteiger partial charge in [0, 0.05) is 32.7 Å². The van der Waals surface area contributed by atoms with Gasteiger partial charge >= 0.3 is 0 Å². The summed E-state index contributed by atoms with van der Waals surface area (Å²) in [6, 6.07) is 54.4. The van der Waals surface area contributed by atoms with Crippen molar-refractivity contribution in [1.82, 2.24) is 19.5 Å². The minimum atomic E-state index is 0.585. The molecule has 0 saturated carbocycles. The first kappa shape index (κ1) is 26.6. The lowest BCUT2D eigenvalue weighted by molar-refractivity contribution is 0.669. The van der Waals surface area contributed by atoms with Crippen molar-refractivity contribution in [3.8, 4) is 39.9 Å². The lowest BCUT2D eigenvalue weighted by Gasteiger charge is -2.16. The molecule has 0 fully saturated rings. The zero-order valence-electron chi connectivity index (χ0n) is 25.7. The molecule has 0 saturated heterocycles. The van der Waals surface area contributed by atoms with Gasteiger partial charge in [-0.05, 0) is 47.2 Å². The van der Waals surface area contributed by atoms with Crippen LogP contribution in [0.1, 0.15) is 0 Å². The Kier molecular flexibility index (Phi) is 5.81. The van der Waals surface area contributed by atoms with Crippen LogP contribution in [0.25, 0.3) is 94.4 Å². The van der Waals surface area contributed by atoms with E-state index in [1.165, 1.54) is 21.5 Å². The molecule has 48 heavy (non-hydrogen) atoms. The van der Waals surface area contributed by atoms with Crippen LogP contribution in [-0.2, 0) is 0 Å². The molecule has 0 aliphatic heterocycles. The number of fused-ring (bicyclic) bond motifs is 7. The highest BCUT2D eigenvalue weighted by Crippen LogP contribution is 2.43. The predicted molar refractivity (Wildman–Crippen MR) is 195 cm³/mol. The van der Waals surface area contributed by atoms with Gasteiger partial charge in [-0.3, -0.25) is 0 Å². The van der Waals surface area contributed by atoms with Crippen LogP contribution < -0.4 is 0 Å². The number of hydrogen-bond donors (Lipinski definition) is 0. The summed E-state index contributed by atoms with van der Waals surface area (Å²) < 4.78 is 8.83. The highest BCUT2D eigenvalue weighted by molar-refractivity contribution is 6.17. The second-order valence-electron chi connectivity index (χ2n) is 12.0. The van der Waals surface area contributed by atoms with Crippen LogP contribution in [0.4, 0.5) is 0 Å². The third kappa shape index (κ3) is 4.08. The number of para-hydroxylation sites is 2. The number of rotatable bonds is 4. The SMILES string of the molecule is c1ccc(-c2nc(-c3ccccc3)nc(-c3c(-n4c5ccccc5c5cc6ccccc6cc54)ccc4oc5ccccc5c34)n2)cc1. The van der Waals surface area contributed by atoms with E-state index in [9.17, 15) is 0 Å². The van der Waals surface area contributed by atoms with E-state index < -0.39 is 0 Å². The normalized spacial score (nSPS) is 11.8. The monoisotopic (exact) mass is 614 g/mol. The van der Waals surface area contributed by atoms with Gasteiger partial charge in [-0.2, -0.15) is 0 Å². The standard InChI is InChI=1S/C43H26N4O/c1-3-13-27(14-4-1)41-44-42(28-15-5-2-6-16-28)46-43(45-41)40-35(23-24-38-39(40)32-20-10-12-22-37(32)48-38)47-34-21-11-9-19-31(34)33-25-29-17-7-8-18-30(29)26-36(33)47/h1-26H. The van der Waals surface area contributed by atoms with Crippen molar-refractivity contribution < 1.29 is 4.42 Å². The maximum Gasteiger partial charge on any atom is 0.166 e. The quantitative estimate of drug-likeness (QED) is 0.198. The maximum atomic E-state index is 6.47. The van der Waals surface area contributed by atoms with Crippen LogP contribution in [0.3, 0.4) is 0 Å². The average Bonchev–Trinajstić information content (AvgIpc) is 3.69. The molecule has 7 aromatic carbocycles. The first-order chi connectivity index (χ1) is 23.8. The minimum absolute atomic E-state index is 0.585. The molecule has 0 amide bonds. The maximum absolute atomic E-state index is 6.47. The fraction of sp³-hybridized carbons (Fsp3) is 0. The van der Waals surface area contributed by atoms with Gasteiger partial charge in [0.15, 0.2) is 17.5 Å². The van der Waals surface area contributed by atoms with Gasteiger partial charge in [0.2, 0.25) is 0 Å². The Morgan fingerprint density at radius 3 is 1.73 bits per heavy atom. The van der Waals surface area contributed by atoms with E-state index in [0.29, 0.717) is 17.5 Å². The molecule has 10 rings (SSSR count). The van der Waals surface area contributed by atoms with Gasteiger partial charge in [-0.1, -0.05) is 121 Å². The van der Waals surface area contributed by atoms with Gasteiger partial charge in [0.1, 0.15) is 11.2 Å². The predicted octanol–water partition coefficient (Wildman–Crippen LogP) is 11.0. The van der Waals surface area contributed by atoms with E-state index in [-0.39, 0.29) is 0 Å². The largest absolute Gasteiger partial charge is 0.456 e. The summed E-state index contributed by atoms with van der Waals surface area (Å²) in [5.74, 6) is 1.81. The highest BCUT2D eigenvalue weighted by Gasteiger charge is 2.24. The molecule has 0 bridgehead atoms. The molecule has 0 radical (unpaired) electrons. The highest BCUT2D eigenvalue weighted by atomic mass is 16.3. The second-order valence-corrected chi connectivity index (χ2v) is 12.0. The summed E-state index contributed by atoms with van der Waals surface area (Å²) in [4.78, 5) is 15.5. The molecular weight excluding hydrogens is 589 g/mol. The molecule has 5 nitrogen and oxygen atoms in total. The van der Waals surface area contributed by atoms with Crippen LogP contribution in [0, 0.1) is 0 Å². The minimum Gasteiger partial charge on any atom is -0.456 e. The Hall–Kier alpha value is -6.59. The molecule has 224 valence electrons. The average molecular weight is 615 g/mol. The Bertz CT molecular complexity index is 2780. The van der Waals surface area contributed by atoms with E-state index in [1.807, 2.05) is 72.8 Å². The van der Waals surface area contributed by atoms with Crippen LogP contribution in [0.5, 0.6) is 0 Å². The summed E-state index contributed by atoms with van der Waals surface area (Å²) in [5, 5.41) is 6.76. The lowest BCUT2D eigenvalue weighted by atomic mass is 10.0. The van der Waals surface area contributed by atoms with Gasteiger partial charge in [0.05, 0.1) is 22.3 Å². The van der Waals surface area contributed by atoms with Crippen LogP contribution in [0.2, 0.25) is 0 Å². The fourth-order valence-corrected chi connectivity index (χ4v) is 7.05. The zero-order valence-corrected chi connectivity index (χ0v) is 25.7. The van der Waals surface area contributed by atoms with Gasteiger partial charge in [-0.15, -0.1) is 0 Å². The number of nitrogens with zero attached hydrogens (tertiary/aromatic N) is 4. The summed E-state index contributed by atoms with van der Waals surface area (Å²) in [5.41, 5.74) is 7.54. The van der Waals surface area contributed by atoms with Crippen LogP contribution in [0.15, 0.2) is 162 Å². The summed E-state index contributed by atoms with van der Waals surface area (Å²) in [6.07, 6.45) is 0.